The van der Waals surface area contributed by atoms with E-state index < -0.39 is 11.5 Å². The predicted octanol–water partition coefficient (Wildman–Crippen LogP) is 2.11. The molecule has 0 radical (unpaired) electrons. The van der Waals surface area contributed by atoms with Crippen molar-refractivity contribution in [1.82, 2.24) is 4.98 Å². The Labute approximate surface area is 110 Å². The summed E-state index contributed by atoms with van der Waals surface area (Å²) in [6.07, 6.45) is 1.65. The number of nitrogens with zero attached hydrogens (tertiary/aromatic N) is 1. The van der Waals surface area contributed by atoms with Crippen molar-refractivity contribution in [1.29, 1.82) is 0 Å². The number of hydrogen-bond donors (Lipinski definition) is 1. The monoisotopic (exact) mass is 274 g/mol. The van der Waals surface area contributed by atoms with E-state index in [0.29, 0.717) is 22.4 Å². The Morgan fingerprint density at radius 2 is 2.41 bits per heavy atom. The highest BCUT2D eigenvalue weighted by Gasteiger charge is 2.30. The third-order valence-electron chi connectivity index (χ3n) is 1.98. The lowest BCUT2D eigenvalue weighted by atomic mass is 10.1. The summed E-state index contributed by atoms with van der Waals surface area (Å²) >= 11 is 7.29. The molecule has 0 bridgehead atoms. The number of hydrogen-bond acceptors (Lipinski definition) is 5. The third-order valence-corrected chi connectivity index (χ3v) is 3.74. The van der Waals surface area contributed by atoms with Crippen LogP contribution in [-0.4, -0.2) is 28.9 Å². The van der Waals surface area contributed by atoms with Gasteiger partial charge >= 0.3 is 5.97 Å². The standard InChI is InChI=1S/C11H15ClN2O2S/c1-3-16-10(15)11(2,13)7-17-9-8(12)5-4-6-14-9/h4-6H,3,7,13H2,1-2H3. The Hall–Kier alpha value is -0.780. The lowest BCUT2D eigenvalue weighted by Crippen LogP contribution is -2.48. The van der Waals surface area contributed by atoms with E-state index in [9.17, 15) is 4.79 Å². The average Bonchev–Trinajstić information content (AvgIpc) is 2.28. The van der Waals surface area contributed by atoms with Gasteiger partial charge in [0.25, 0.3) is 0 Å². The molecule has 0 aliphatic heterocycles. The van der Waals surface area contributed by atoms with Gasteiger partial charge in [-0.3, -0.25) is 4.79 Å². The first-order valence-electron chi connectivity index (χ1n) is 5.17. The number of carbonyl (C=O) groups excluding carboxylic acids is 1. The van der Waals surface area contributed by atoms with E-state index in [-0.39, 0.29) is 0 Å². The molecule has 94 valence electrons. The topological polar surface area (TPSA) is 65.2 Å². The van der Waals surface area contributed by atoms with Crippen LogP contribution >= 0.6 is 23.4 Å². The quantitative estimate of drug-likeness (QED) is 0.658. The summed E-state index contributed by atoms with van der Waals surface area (Å²) < 4.78 is 4.89. The second kappa shape index (κ2) is 6.23. The van der Waals surface area contributed by atoms with Gasteiger partial charge in [-0.15, -0.1) is 11.8 Å². The van der Waals surface area contributed by atoms with Crippen molar-refractivity contribution in [2.45, 2.75) is 24.4 Å². The summed E-state index contributed by atoms with van der Waals surface area (Å²) in [4.78, 5) is 15.7. The van der Waals surface area contributed by atoms with Crippen LogP contribution in [0.1, 0.15) is 13.8 Å². The van der Waals surface area contributed by atoms with Gasteiger partial charge in [0.2, 0.25) is 0 Å². The third kappa shape index (κ3) is 4.18. The molecule has 1 rings (SSSR count). The van der Waals surface area contributed by atoms with E-state index >= 15 is 0 Å². The molecule has 0 aliphatic carbocycles. The molecular weight excluding hydrogens is 260 g/mol. The molecule has 1 atom stereocenters. The highest BCUT2D eigenvalue weighted by molar-refractivity contribution is 7.99. The van der Waals surface area contributed by atoms with Crippen LogP contribution in [0, 0.1) is 0 Å². The normalized spacial score (nSPS) is 14.1. The summed E-state index contributed by atoms with van der Waals surface area (Å²) in [5, 5.41) is 1.22. The number of rotatable bonds is 5. The number of halogens is 1. The Balaban J connectivity index is 2.61. The van der Waals surface area contributed by atoms with Crippen LogP contribution < -0.4 is 5.73 Å². The van der Waals surface area contributed by atoms with Gasteiger partial charge in [-0.25, -0.2) is 4.98 Å². The maximum absolute atomic E-state index is 11.6. The number of pyridine rings is 1. The van der Waals surface area contributed by atoms with Crippen molar-refractivity contribution < 1.29 is 9.53 Å². The highest BCUT2D eigenvalue weighted by Crippen LogP contribution is 2.26. The summed E-state index contributed by atoms with van der Waals surface area (Å²) in [6.45, 7) is 3.70. The van der Waals surface area contributed by atoms with Gasteiger partial charge in [-0.2, -0.15) is 0 Å². The van der Waals surface area contributed by atoms with Crippen LogP contribution in [0.2, 0.25) is 5.02 Å². The Morgan fingerprint density at radius 3 is 3.00 bits per heavy atom. The van der Waals surface area contributed by atoms with E-state index in [1.54, 1.807) is 32.2 Å². The van der Waals surface area contributed by atoms with Gasteiger partial charge in [-0.1, -0.05) is 11.6 Å². The molecule has 0 amide bonds. The number of carbonyl (C=O) groups is 1. The number of aromatic nitrogens is 1. The maximum atomic E-state index is 11.6. The zero-order valence-corrected chi connectivity index (χ0v) is 11.3. The second-order valence-electron chi connectivity index (χ2n) is 3.72. The molecule has 0 spiro atoms. The number of thioether (sulfide) groups is 1. The van der Waals surface area contributed by atoms with Crippen LogP contribution in [0.4, 0.5) is 0 Å². The van der Waals surface area contributed by atoms with Gasteiger partial charge in [0.15, 0.2) is 0 Å². The maximum Gasteiger partial charge on any atom is 0.326 e. The lowest BCUT2D eigenvalue weighted by Gasteiger charge is -2.21. The van der Waals surface area contributed by atoms with Crippen molar-refractivity contribution >= 4 is 29.3 Å². The second-order valence-corrected chi connectivity index (χ2v) is 5.09. The van der Waals surface area contributed by atoms with E-state index in [4.69, 9.17) is 22.1 Å². The van der Waals surface area contributed by atoms with E-state index in [1.807, 2.05) is 0 Å². The van der Waals surface area contributed by atoms with Gasteiger partial charge < -0.3 is 10.5 Å². The Bertz CT molecular complexity index is 399. The van der Waals surface area contributed by atoms with Crippen LogP contribution in [0.25, 0.3) is 0 Å². The van der Waals surface area contributed by atoms with Crippen LogP contribution in [0.3, 0.4) is 0 Å². The van der Waals surface area contributed by atoms with Crippen LogP contribution in [0.5, 0.6) is 0 Å². The van der Waals surface area contributed by atoms with Gasteiger partial charge in [0, 0.05) is 11.9 Å². The van der Waals surface area contributed by atoms with Crippen molar-refractivity contribution in [3.8, 4) is 0 Å². The molecule has 17 heavy (non-hydrogen) atoms. The molecule has 0 aromatic carbocycles. The molecule has 0 aliphatic rings. The molecule has 1 heterocycles. The largest absolute Gasteiger partial charge is 0.465 e. The first kappa shape index (κ1) is 14.3. The van der Waals surface area contributed by atoms with Crippen LogP contribution in [0.15, 0.2) is 23.4 Å². The van der Waals surface area contributed by atoms with E-state index in [0.717, 1.165) is 0 Å². The molecule has 4 nitrogen and oxygen atoms in total. The Kier molecular flexibility index (Phi) is 5.24. The van der Waals surface area contributed by atoms with E-state index in [1.165, 1.54) is 11.8 Å². The van der Waals surface area contributed by atoms with Gasteiger partial charge in [0.1, 0.15) is 10.6 Å². The van der Waals surface area contributed by atoms with Crippen LogP contribution in [-0.2, 0) is 9.53 Å². The summed E-state index contributed by atoms with van der Waals surface area (Å²) in [6, 6.07) is 3.49. The number of nitrogens with two attached hydrogens (primary N) is 1. The van der Waals surface area contributed by atoms with Gasteiger partial charge in [-0.05, 0) is 26.0 Å². The fourth-order valence-corrected chi connectivity index (χ4v) is 2.23. The first-order chi connectivity index (χ1) is 7.97. The van der Waals surface area contributed by atoms with Crippen molar-refractivity contribution in [3.05, 3.63) is 23.4 Å². The van der Waals surface area contributed by atoms with E-state index in [2.05, 4.69) is 4.98 Å². The molecule has 1 aromatic rings. The summed E-state index contributed by atoms with van der Waals surface area (Å²) in [5.74, 6) is -0.0534. The molecule has 0 saturated carbocycles. The highest BCUT2D eigenvalue weighted by atomic mass is 35.5. The molecule has 1 unspecified atom stereocenters. The summed E-state index contributed by atoms with van der Waals surface area (Å²) in [5.41, 5.74) is 4.84. The minimum absolute atomic E-state index is 0.320. The van der Waals surface area contributed by atoms with Gasteiger partial charge in [0.05, 0.1) is 11.6 Å². The molecule has 2 N–H and O–H groups in total. The molecular formula is C11H15ClN2O2S. The van der Waals surface area contributed by atoms with Crippen molar-refractivity contribution in [2.24, 2.45) is 5.73 Å². The smallest absolute Gasteiger partial charge is 0.326 e. The number of esters is 1. The minimum atomic E-state index is -1.04. The molecule has 1 aromatic heterocycles. The molecule has 6 heteroatoms. The molecule has 0 fully saturated rings. The first-order valence-corrected chi connectivity index (χ1v) is 6.53. The average molecular weight is 275 g/mol. The number of ether oxygens (including phenoxy) is 1. The van der Waals surface area contributed by atoms with Crippen molar-refractivity contribution in [2.75, 3.05) is 12.4 Å². The minimum Gasteiger partial charge on any atom is -0.465 e. The molecule has 0 saturated heterocycles. The lowest BCUT2D eigenvalue weighted by molar-refractivity contribution is -0.148. The Morgan fingerprint density at radius 1 is 1.71 bits per heavy atom. The summed E-state index contributed by atoms with van der Waals surface area (Å²) in [7, 11) is 0. The van der Waals surface area contributed by atoms with Crippen molar-refractivity contribution in [3.63, 3.8) is 0 Å². The zero-order valence-electron chi connectivity index (χ0n) is 9.77. The zero-order chi connectivity index (χ0) is 12.9. The predicted molar refractivity (Wildman–Crippen MR) is 69.2 cm³/mol. The fourth-order valence-electron chi connectivity index (χ4n) is 1.05. The fraction of sp³-hybridized carbons (Fsp3) is 0.455. The SMILES string of the molecule is CCOC(=O)C(C)(N)CSc1ncccc1Cl.